The lowest BCUT2D eigenvalue weighted by molar-refractivity contribution is 0.218. The fraction of sp³-hybridized carbons (Fsp3) is 0.316. The number of fused-ring (bicyclic) bond motifs is 2. The van der Waals surface area contributed by atoms with Crippen molar-refractivity contribution in [1.29, 1.82) is 0 Å². The number of urea groups is 1. The van der Waals surface area contributed by atoms with Gasteiger partial charge in [0, 0.05) is 25.0 Å². The molecule has 1 unspecified atom stereocenters. The highest BCUT2D eigenvalue weighted by atomic mass is 32.2. The second-order valence-electron chi connectivity index (χ2n) is 6.96. The van der Waals surface area contributed by atoms with Crippen LogP contribution < -0.4 is 15.4 Å². The van der Waals surface area contributed by atoms with E-state index in [2.05, 4.69) is 15.4 Å². The molecule has 28 heavy (non-hydrogen) atoms. The van der Waals surface area contributed by atoms with Crippen molar-refractivity contribution in [2.45, 2.75) is 29.7 Å². The number of sulfonamides is 1. The van der Waals surface area contributed by atoms with Crippen LogP contribution in [0.3, 0.4) is 0 Å². The minimum absolute atomic E-state index is 0.175. The number of nitrogens with one attached hydrogen (secondary N) is 3. The van der Waals surface area contributed by atoms with Crippen molar-refractivity contribution in [2.24, 2.45) is 0 Å². The molecule has 0 aromatic heterocycles. The van der Waals surface area contributed by atoms with Gasteiger partial charge in [0.25, 0.3) is 10.0 Å². The quantitative estimate of drug-likeness (QED) is 0.707. The number of thioether (sulfide) groups is 1. The van der Waals surface area contributed by atoms with Crippen LogP contribution in [0.1, 0.15) is 17.5 Å². The first-order chi connectivity index (χ1) is 13.4. The molecule has 2 heterocycles. The van der Waals surface area contributed by atoms with E-state index in [9.17, 15) is 13.2 Å². The summed E-state index contributed by atoms with van der Waals surface area (Å²) in [5.74, 6) is 0. The van der Waals surface area contributed by atoms with Crippen LogP contribution in [-0.2, 0) is 23.0 Å². The van der Waals surface area contributed by atoms with Gasteiger partial charge < -0.3 is 15.5 Å². The van der Waals surface area contributed by atoms with E-state index in [1.807, 2.05) is 12.3 Å². The average Bonchev–Trinajstić information content (AvgIpc) is 2.68. The van der Waals surface area contributed by atoms with E-state index in [1.165, 1.54) is 0 Å². The molecule has 0 spiro atoms. The Morgan fingerprint density at radius 1 is 1.21 bits per heavy atom. The average molecular weight is 419 g/mol. The van der Waals surface area contributed by atoms with Crippen LogP contribution in [0, 0.1) is 0 Å². The Labute approximate surface area is 168 Å². The van der Waals surface area contributed by atoms with Crippen molar-refractivity contribution in [3.8, 4) is 0 Å². The number of aryl methyl sites for hydroxylation is 1. The number of amides is 2. The lowest BCUT2D eigenvalue weighted by Gasteiger charge is -2.28. The zero-order chi connectivity index (χ0) is 19.9. The highest BCUT2D eigenvalue weighted by Gasteiger charge is 2.26. The van der Waals surface area contributed by atoms with Crippen molar-refractivity contribution in [2.75, 3.05) is 28.7 Å². The Balaban J connectivity index is 1.64. The number of para-hydroxylation sites is 1. The van der Waals surface area contributed by atoms with Gasteiger partial charge in [-0.05, 0) is 54.5 Å². The molecule has 0 bridgehead atoms. The van der Waals surface area contributed by atoms with Gasteiger partial charge in [0.15, 0.2) is 0 Å². The standard InChI is InChI=1S/C19H22N4O3S2/c1-23-11-13-10-14(7-8-15(13)20-19(23)24)22-28(25,26)16-5-3-4-12-6-9-17(27-2)21-18(12)16/h3-5,7-8,10,17,21-22H,6,9,11H2,1-2H3,(H,20,24). The van der Waals surface area contributed by atoms with Gasteiger partial charge in [-0.3, -0.25) is 4.72 Å². The molecule has 0 fully saturated rings. The van der Waals surface area contributed by atoms with Crippen molar-refractivity contribution < 1.29 is 13.2 Å². The van der Waals surface area contributed by atoms with Gasteiger partial charge in [0.1, 0.15) is 4.90 Å². The lowest BCUT2D eigenvalue weighted by atomic mass is 10.0. The summed E-state index contributed by atoms with van der Waals surface area (Å²) in [7, 11) is -2.07. The van der Waals surface area contributed by atoms with Crippen molar-refractivity contribution in [1.82, 2.24) is 4.90 Å². The van der Waals surface area contributed by atoms with E-state index in [-0.39, 0.29) is 16.3 Å². The molecule has 1 atom stereocenters. The highest BCUT2D eigenvalue weighted by molar-refractivity contribution is 7.99. The molecule has 148 valence electrons. The van der Waals surface area contributed by atoms with Crippen molar-refractivity contribution >= 4 is 44.9 Å². The summed E-state index contributed by atoms with van der Waals surface area (Å²) >= 11 is 1.68. The minimum atomic E-state index is -3.76. The van der Waals surface area contributed by atoms with Gasteiger partial charge in [-0.15, -0.1) is 11.8 Å². The summed E-state index contributed by atoms with van der Waals surface area (Å²) in [5.41, 5.74) is 3.73. The third-order valence-corrected chi connectivity index (χ3v) is 7.37. The maximum atomic E-state index is 13.1. The molecular weight excluding hydrogens is 396 g/mol. The molecule has 2 aliphatic rings. The number of rotatable bonds is 4. The van der Waals surface area contributed by atoms with Gasteiger partial charge >= 0.3 is 6.03 Å². The van der Waals surface area contributed by atoms with Crippen LogP contribution in [0.15, 0.2) is 41.3 Å². The predicted molar refractivity (Wildman–Crippen MR) is 113 cm³/mol. The predicted octanol–water partition coefficient (Wildman–Crippen LogP) is 3.51. The highest BCUT2D eigenvalue weighted by Crippen LogP contribution is 2.35. The Kier molecular flexibility index (Phi) is 4.88. The number of carbonyl (C=O) groups excluding carboxylic acids is 1. The summed E-state index contributed by atoms with van der Waals surface area (Å²) in [5, 5.41) is 6.34. The molecule has 4 rings (SSSR count). The van der Waals surface area contributed by atoms with Gasteiger partial charge in [-0.25, -0.2) is 13.2 Å². The summed E-state index contributed by atoms with van der Waals surface area (Å²) in [4.78, 5) is 13.5. The zero-order valence-electron chi connectivity index (χ0n) is 15.7. The van der Waals surface area contributed by atoms with Crippen LogP contribution in [0.2, 0.25) is 0 Å². The van der Waals surface area contributed by atoms with E-state index >= 15 is 0 Å². The van der Waals surface area contributed by atoms with Gasteiger partial charge in [0.2, 0.25) is 0 Å². The first kappa shape index (κ1) is 18.9. The SMILES string of the molecule is CSC1CCc2cccc(S(=O)(=O)Nc3ccc4c(c3)CN(C)C(=O)N4)c2N1. The van der Waals surface area contributed by atoms with Crippen molar-refractivity contribution in [3.05, 3.63) is 47.5 Å². The van der Waals surface area contributed by atoms with E-state index in [1.54, 1.807) is 54.0 Å². The van der Waals surface area contributed by atoms with Crippen LogP contribution in [-0.4, -0.2) is 38.0 Å². The maximum Gasteiger partial charge on any atom is 0.321 e. The second kappa shape index (κ2) is 7.21. The Hall–Kier alpha value is -2.39. The summed E-state index contributed by atoms with van der Waals surface area (Å²) in [6.45, 7) is 0.425. The molecule has 2 aliphatic heterocycles. The third kappa shape index (κ3) is 3.51. The number of hydrogen-bond acceptors (Lipinski definition) is 5. The first-order valence-electron chi connectivity index (χ1n) is 8.96. The molecule has 9 heteroatoms. The smallest absolute Gasteiger partial charge is 0.321 e. The van der Waals surface area contributed by atoms with E-state index in [0.717, 1.165) is 24.0 Å². The normalized spacial score (nSPS) is 18.6. The molecule has 2 amide bonds. The first-order valence-corrected chi connectivity index (χ1v) is 11.7. The van der Waals surface area contributed by atoms with Crippen LogP contribution in [0.5, 0.6) is 0 Å². The van der Waals surface area contributed by atoms with Crippen LogP contribution >= 0.6 is 11.8 Å². The molecule has 0 radical (unpaired) electrons. The monoisotopic (exact) mass is 418 g/mol. The maximum absolute atomic E-state index is 13.1. The summed E-state index contributed by atoms with van der Waals surface area (Å²) in [6.07, 6.45) is 3.83. The fourth-order valence-corrected chi connectivity index (χ4v) is 5.38. The van der Waals surface area contributed by atoms with Crippen LogP contribution in [0.4, 0.5) is 21.9 Å². The van der Waals surface area contributed by atoms with Gasteiger partial charge in [-0.2, -0.15) is 0 Å². The molecule has 2 aromatic rings. The summed E-state index contributed by atoms with van der Waals surface area (Å²) < 4.78 is 28.9. The van der Waals surface area contributed by atoms with Gasteiger partial charge in [-0.1, -0.05) is 12.1 Å². The number of carbonyl (C=O) groups is 1. The molecule has 0 saturated carbocycles. The molecule has 0 saturated heterocycles. The molecule has 2 aromatic carbocycles. The molecule has 3 N–H and O–H groups in total. The van der Waals surface area contributed by atoms with E-state index in [4.69, 9.17) is 0 Å². The number of hydrogen-bond donors (Lipinski definition) is 3. The van der Waals surface area contributed by atoms with Crippen LogP contribution in [0.25, 0.3) is 0 Å². The van der Waals surface area contributed by atoms with E-state index < -0.39 is 10.0 Å². The van der Waals surface area contributed by atoms with E-state index in [0.29, 0.717) is 23.6 Å². The molecule has 0 aliphatic carbocycles. The fourth-order valence-electron chi connectivity index (χ4n) is 3.53. The van der Waals surface area contributed by atoms with Crippen molar-refractivity contribution in [3.63, 3.8) is 0 Å². The Morgan fingerprint density at radius 3 is 2.82 bits per heavy atom. The second-order valence-corrected chi connectivity index (χ2v) is 9.65. The largest absolute Gasteiger partial charge is 0.372 e. The number of anilines is 3. The minimum Gasteiger partial charge on any atom is -0.372 e. The Bertz CT molecular complexity index is 1040. The summed E-state index contributed by atoms with van der Waals surface area (Å²) in [6, 6.07) is 10.3. The number of nitrogens with zero attached hydrogens (tertiary/aromatic N) is 1. The lowest BCUT2D eigenvalue weighted by Crippen LogP contribution is -2.35. The molecular formula is C19H22N4O3S2. The van der Waals surface area contributed by atoms with Gasteiger partial charge in [0.05, 0.1) is 11.1 Å². The third-order valence-electron chi connectivity index (χ3n) is 5.02. The topological polar surface area (TPSA) is 90.5 Å². The molecule has 7 nitrogen and oxygen atoms in total. The zero-order valence-corrected chi connectivity index (χ0v) is 17.3. The Morgan fingerprint density at radius 2 is 2.04 bits per heavy atom. The number of benzene rings is 2.